The summed E-state index contributed by atoms with van der Waals surface area (Å²) in [6.07, 6.45) is 11.0. The minimum atomic E-state index is -3.21. The van der Waals surface area contributed by atoms with Crippen LogP contribution in [0.4, 0.5) is 0 Å². The number of aromatic nitrogens is 5. The summed E-state index contributed by atoms with van der Waals surface area (Å²) >= 11 is 1.64. The standard InChI is InChI=1S/C18H17N3OS.C17H19N3O3S/c1-10-20-14-7-6-13(17(22)18(14)23-10)16-12-5-3-2-4-11(12)15-8-19-9-21(15)16;1-24(22,23)19-8-11-6-12(9-19)17(11,21)16-14-5-3-2-4-13(14)15-7-18-10-20(15)16/h2-5,8-9,13,16-17,22H,6-7H2,1H3;2-5,7,10-12,16,21H,6,8-9H2,1H3. The lowest BCUT2D eigenvalue weighted by atomic mass is 9.54. The molecule has 6 unspecified atom stereocenters. The minimum Gasteiger partial charge on any atom is -0.387 e. The van der Waals surface area contributed by atoms with Crippen LogP contribution in [0.3, 0.4) is 0 Å². The average molecular weight is 669 g/mol. The average Bonchev–Trinajstić information content (AvgIpc) is 3.88. The van der Waals surface area contributed by atoms with E-state index < -0.39 is 21.7 Å². The number of hydrogen-bond acceptors (Lipinski definition) is 8. The lowest BCUT2D eigenvalue weighted by Crippen LogP contribution is -2.70. The maximum absolute atomic E-state index is 11.9. The van der Waals surface area contributed by atoms with Gasteiger partial charge in [-0.15, -0.1) is 11.3 Å². The van der Waals surface area contributed by atoms with Crippen LogP contribution in [0.1, 0.15) is 57.7 Å². The molecule has 0 spiro atoms. The highest BCUT2D eigenvalue weighted by Gasteiger charge is 2.64. The van der Waals surface area contributed by atoms with E-state index in [9.17, 15) is 18.6 Å². The molecule has 11 rings (SSSR count). The SMILES string of the molecule is CS(=O)(=O)N1CC2CC(C1)C2(O)C1c2ccccc2-c2cncn21.Cc1nc2c(s1)C(O)C(C1c3ccccc3-c3cncn31)CC2. The zero-order valence-electron chi connectivity index (χ0n) is 26.1. The van der Waals surface area contributed by atoms with Gasteiger partial charge in [-0.05, 0) is 37.3 Å². The Morgan fingerprint density at radius 1 is 0.915 bits per heavy atom. The number of piperidine rings is 2. The van der Waals surface area contributed by atoms with Gasteiger partial charge in [0.15, 0.2) is 0 Å². The van der Waals surface area contributed by atoms with E-state index >= 15 is 0 Å². The number of aryl methyl sites for hydroxylation is 2. The first kappa shape index (κ1) is 29.5. The van der Waals surface area contributed by atoms with E-state index in [0.29, 0.717) is 13.1 Å². The summed E-state index contributed by atoms with van der Waals surface area (Å²) in [7, 11) is -3.21. The Labute approximate surface area is 277 Å². The highest BCUT2D eigenvalue weighted by Crippen LogP contribution is 2.59. The Kier molecular flexibility index (Phi) is 6.52. The van der Waals surface area contributed by atoms with Crippen LogP contribution < -0.4 is 0 Å². The van der Waals surface area contributed by atoms with Crippen molar-refractivity contribution in [1.29, 1.82) is 0 Å². The van der Waals surface area contributed by atoms with Gasteiger partial charge >= 0.3 is 0 Å². The van der Waals surface area contributed by atoms with E-state index in [1.165, 1.54) is 21.7 Å². The molecule has 3 fully saturated rings. The molecule has 2 N–H and O–H groups in total. The largest absolute Gasteiger partial charge is 0.387 e. The predicted octanol–water partition coefficient (Wildman–Crippen LogP) is 4.61. The highest BCUT2D eigenvalue weighted by molar-refractivity contribution is 7.88. The van der Waals surface area contributed by atoms with Crippen molar-refractivity contribution in [2.75, 3.05) is 19.3 Å². The van der Waals surface area contributed by atoms with Crippen molar-refractivity contribution in [2.45, 2.75) is 50.0 Å². The van der Waals surface area contributed by atoms with Crippen molar-refractivity contribution in [3.8, 4) is 22.5 Å². The molecular formula is C35H36N6O4S2. The van der Waals surface area contributed by atoms with Crippen LogP contribution in [0.5, 0.6) is 0 Å². The second-order valence-electron chi connectivity index (χ2n) is 13.7. The fraction of sp³-hybridized carbons (Fsp3) is 0.400. The zero-order valence-corrected chi connectivity index (χ0v) is 27.8. The van der Waals surface area contributed by atoms with Crippen molar-refractivity contribution >= 4 is 21.4 Å². The molecule has 47 heavy (non-hydrogen) atoms. The highest BCUT2D eigenvalue weighted by atomic mass is 32.2. The van der Waals surface area contributed by atoms with E-state index in [1.807, 2.05) is 37.8 Å². The molecule has 2 saturated heterocycles. The number of aliphatic hydroxyl groups is 2. The van der Waals surface area contributed by atoms with Crippen molar-refractivity contribution in [2.24, 2.45) is 17.8 Å². The molecule has 0 amide bonds. The van der Waals surface area contributed by atoms with Gasteiger partial charge in [0.05, 0.1) is 82.1 Å². The number of thiazole rings is 1. The van der Waals surface area contributed by atoms with Crippen molar-refractivity contribution < 1.29 is 18.6 Å². The number of nitrogens with zero attached hydrogens (tertiary/aromatic N) is 6. The normalized spacial score (nSPS) is 29.9. The lowest BCUT2D eigenvalue weighted by Gasteiger charge is -2.61. The van der Waals surface area contributed by atoms with Crippen LogP contribution in [0.2, 0.25) is 0 Å². The summed E-state index contributed by atoms with van der Waals surface area (Å²) in [6.45, 7) is 2.81. The number of benzene rings is 2. The number of sulfonamides is 1. The zero-order chi connectivity index (χ0) is 32.2. The van der Waals surface area contributed by atoms with E-state index in [-0.39, 0.29) is 29.8 Å². The molecule has 0 radical (unpaired) electrons. The van der Waals surface area contributed by atoms with Crippen LogP contribution in [0, 0.1) is 24.7 Å². The van der Waals surface area contributed by atoms with Gasteiger partial charge in [-0.3, -0.25) is 0 Å². The smallest absolute Gasteiger partial charge is 0.211 e. The molecule has 3 aromatic heterocycles. The Morgan fingerprint density at radius 2 is 1.53 bits per heavy atom. The van der Waals surface area contributed by atoms with Gasteiger partial charge in [-0.25, -0.2) is 27.7 Å². The third-order valence-electron chi connectivity index (χ3n) is 11.3. The fourth-order valence-corrected chi connectivity index (χ4v) is 11.1. The molecule has 6 aliphatic rings. The van der Waals surface area contributed by atoms with E-state index in [1.54, 1.807) is 17.7 Å². The van der Waals surface area contributed by atoms with Gasteiger partial charge in [-0.2, -0.15) is 0 Å². The maximum atomic E-state index is 11.9. The first-order valence-corrected chi connectivity index (χ1v) is 18.8. The van der Waals surface area contributed by atoms with Crippen LogP contribution in [-0.4, -0.2) is 72.0 Å². The topological polar surface area (TPSA) is 126 Å². The number of rotatable bonds is 3. The Balaban J connectivity index is 0.000000129. The molecule has 10 nitrogen and oxygen atoms in total. The summed E-state index contributed by atoms with van der Waals surface area (Å²) in [6, 6.07) is 16.6. The second-order valence-corrected chi connectivity index (χ2v) is 16.9. The molecular weight excluding hydrogens is 633 g/mol. The summed E-state index contributed by atoms with van der Waals surface area (Å²) in [5.74, 6) is 0.0775. The molecule has 7 heterocycles. The van der Waals surface area contributed by atoms with Gasteiger partial charge in [0.2, 0.25) is 10.0 Å². The van der Waals surface area contributed by atoms with Gasteiger partial charge in [0.25, 0.3) is 0 Å². The molecule has 5 aromatic rings. The van der Waals surface area contributed by atoms with Crippen LogP contribution in [-0.2, 0) is 16.4 Å². The molecule has 12 heteroatoms. The molecule has 2 aromatic carbocycles. The van der Waals surface area contributed by atoms with E-state index in [4.69, 9.17) is 0 Å². The first-order chi connectivity index (χ1) is 22.6. The van der Waals surface area contributed by atoms with Crippen molar-refractivity contribution in [3.05, 3.63) is 100 Å². The molecule has 6 atom stereocenters. The number of imidazole rings is 2. The third-order valence-corrected chi connectivity index (χ3v) is 13.6. The second kappa shape index (κ2) is 10.4. The lowest BCUT2D eigenvalue weighted by molar-refractivity contribution is -0.202. The quantitative estimate of drug-likeness (QED) is 0.288. The number of aliphatic hydroxyl groups excluding tert-OH is 1. The summed E-state index contributed by atoms with van der Waals surface area (Å²) in [4.78, 5) is 14.2. The Morgan fingerprint density at radius 3 is 2.23 bits per heavy atom. The van der Waals surface area contributed by atoms with E-state index in [2.05, 4.69) is 60.5 Å². The summed E-state index contributed by atoms with van der Waals surface area (Å²) in [5.41, 5.74) is 7.13. The summed E-state index contributed by atoms with van der Waals surface area (Å²) < 4.78 is 29.5. The van der Waals surface area contributed by atoms with Crippen LogP contribution in [0.15, 0.2) is 73.6 Å². The predicted molar refractivity (Wildman–Crippen MR) is 178 cm³/mol. The van der Waals surface area contributed by atoms with Gasteiger partial charge in [-0.1, -0.05) is 48.5 Å². The van der Waals surface area contributed by atoms with Crippen LogP contribution in [0.25, 0.3) is 22.5 Å². The molecule has 1 saturated carbocycles. The number of fused-ring (bicyclic) bond motifs is 9. The number of hydrogen-bond donors (Lipinski definition) is 2. The Hall–Kier alpha value is -3.68. The molecule has 242 valence electrons. The van der Waals surface area contributed by atoms with E-state index in [0.717, 1.165) is 57.4 Å². The summed E-state index contributed by atoms with van der Waals surface area (Å²) in [5, 5.41) is 23.7. The molecule has 2 aliphatic carbocycles. The van der Waals surface area contributed by atoms with Gasteiger partial charge < -0.3 is 19.3 Å². The maximum Gasteiger partial charge on any atom is 0.211 e. The fourth-order valence-electron chi connectivity index (χ4n) is 9.12. The minimum absolute atomic E-state index is 0.0441. The van der Waals surface area contributed by atoms with Crippen LogP contribution >= 0.6 is 11.3 Å². The van der Waals surface area contributed by atoms with Crippen molar-refractivity contribution in [3.63, 3.8) is 0 Å². The van der Waals surface area contributed by atoms with Gasteiger partial charge in [0, 0.05) is 42.0 Å². The molecule has 4 aliphatic heterocycles. The first-order valence-electron chi connectivity index (χ1n) is 16.2. The van der Waals surface area contributed by atoms with Gasteiger partial charge in [0.1, 0.15) is 0 Å². The van der Waals surface area contributed by atoms with Crippen molar-refractivity contribution in [1.82, 2.24) is 28.4 Å². The monoisotopic (exact) mass is 668 g/mol. The third kappa shape index (κ3) is 4.24. The molecule has 2 bridgehead atoms. The Bertz CT molecular complexity index is 2120.